The standard InChI is InChI=1S/C19H27NO/c1-3-9-19-10-5-4-6-16(19)13(2)11-14-7-8-15(18(20)21)12-17(14)19/h7-8,12-13,16H,3-6,9-11H2,1-2H3,(H2,20,21). The van der Waals surface area contributed by atoms with Crippen LogP contribution in [0.5, 0.6) is 0 Å². The van der Waals surface area contributed by atoms with Crippen LogP contribution in [0, 0.1) is 11.8 Å². The van der Waals surface area contributed by atoms with Crippen molar-refractivity contribution in [3.63, 3.8) is 0 Å². The van der Waals surface area contributed by atoms with Crippen molar-refractivity contribution in [3.8, 4) is 0 Å². The highest BCUT2D eigenvalue weighted by molar-refractivity contribution is 5.93. The largest absolute Gasteiger partial charge is 0.366 e. The molecule has 114 valence electrons. The van der Waals surface area contributed by atoms with E-state index in [0.29, 0.717) is 11.0 Å². The van der Waals surface area contributed by atoms with Gasteiger partial charge in [0.1, 0.15) is 0 Å². The Labute approximate surface area is 128 Å². The Hall–Kier alpha value is -1.31. The molecular formula is C19H27NO. The Morgan fingerprint density at radius 1 is 1.38 bits per heavy atom. The summed E-state index contributed by atoms with van der Waals surface area (Å²) in [5, 5.41) is 0. The molecule has 1 fully saturated rings. The number of nitrogens with two attached hydrogens (primary N) is 1. The highest BCUT2D eigenvalue weighted by Gasteiger charge is 2.47. The third-order valence-corrected chi connectivity index (χ3v) is 5.95. The Bertz CT molecular complexity index is 546. The molecule has 3 rings (SSSR count). The first-order chi connectivity index (χ1) is 10.1. The number of primary amides is 1. The minimum atomic E-state index is -0.296. The molecule has 3 atom stereocenters. The predicted molar refractivity (Wildman–Crippen MR) is 86.4 cm³/mol. The summed E-state index contributed by atoms with van der Waals surface area (Å²) in [6.07, 6.45) is 8.94. The number of rotatable bonds is 3. The molecule has 0 aliphatic heterocycles. The van der Waals surface area contributed by atoms with Crippen LogP contribution in [0.1, 0.15) is 73.9 Å². The van der Waals surface area contributed by atoms with Crippen molar-refractivity contribution in [1.82, 2.24) is 0 Å². The zero-order chi connectivity index (χ0) is 15.0. The Morgan fingerprint density at radius 2 is 2.19 bits per heavy atom. The maximum atomic E-state index is 11.6. The van der Waals surface area contributed by atoms with Crippen LogP contribution in [0.25, 0.3) is 0 Å². The number of fused-ring (bicyclic) bond motifs is 3. The van der Waals surface area contributed by atoms with Gasteiger partial charge in [-0.2, -0.15) is 0 Å². The Morgan fingerprint density at radius 3 is 2.90 bits per heavy atom. The molecule has 0 heterocycles. The van der Waals surface area contributed by atoms with E-state index in [1.807, 2.05) is 6.07 Å². The highest BCUT2D eigenvalue weighted by atomic mass is 16.1. The van der Waals surface area contributed by atoms with Crippen molar-refractivity contribution in [2.75, 3.05) is 0 Å². The summed E-state index contributed by atoms with van der Waals surface area (Å²) in [4.78, 5) is 11.6. The van der Waals surface area contributed by atoms with Gasteiger partial charge in [-0.25, -0.2) is 0 Å². The molecule has 1 amide bonds. The van der Waals surface area contributed by atoms with E-state index in [0.717, 1.165) is 18.3 Å². The van der Waals surface area contributed by atoms with E-state index in [1.165, 1.54) is 49.7 Å². The van der Waals surface area contributed by atoms with E-state index in [-0.39, 0.29) is 5.91 Å². The summed E-state index contributed by atoms with van der Waals surface area (Å²) >= 11 is 0. The molecule has 3 unspecified atom stereocenters. The Balaban J connectivity index is 2.15. The van der Waals surface area contributed by atoms with Gasteiger partial charge in [-0.3, -0.25) is 4.79 Å². The molecule has 1 aromatic rings. The van der Waals surface area contributed by atoms with Gasteiger partial charge < -0.3 is 5.73 Å². The van der Waals surface area contributed by atoms with E-state index in [2.05, 4.69) is 26.0 Å². The molecule has 2 aliphatic rings. The zero-order valence-corrected chi connectivity index (χ0v) is 13.3. The third-order valence-electron chi connectivity index (χ3n) is 5.95. The Kier molecular flexibility index (Phi) is 3.81. The van der Waals surface area contributed by atoms with Crippen molar-refractivity contribution in [2.45, 2.75) is 64.2 Å². The fraction of sp³-hybridized carbons (Fsp3) is 0.632. The second-order valence-electron chi connectivity index (χ2n) is 7.18. The number of amides is 1. The van der Waals surface area contributed by atoms with E-state index < -0.39 is 0 Å². The molecule has 2 aliphatic carbocycles. The molecule has 0 radical (unpaired) electrons. The molecule has 0 aromatic heterocycles. The first-order valence-corrected chi connectivity index (χ1v) is 8.51. The summed E-state index contributed by atoms with van der Waals surface area (Å²) in [7, 11) is 0. The third kappa shape index (κ3) is 2.29. The topological polar surface area (TPSA) is 43.1 Å². The van der Waals surface area contributed by atoms with Crippen LogP contribution in [-0.4, -0.2) is 5.91 Å². The SMILES string of the molecule is CCCC12CCCCC1C(C)Cc1ccc(C(N)=O)cc12. The summed E-state index contributed by atoms with van der Waals surface area (Å²) in [5.74, 6) is 1.24. The predicted octanol–water partition coefficient (Wildman–Crippen LogP) is 4.21. The molecular weight excluding hydrogens is 258 g/mol. The molecule has 0 saturated heterocycles. The van der Waals surface area contributed by atoms with Crippen molar-refractivity contribution in [2.24, 2.45) is 17.6 Å². The van der Waals surface area contributed by atoms with Crippen molar-refractivity contribution < 1.29 is 4.79 Å². The van der Waals surface area contributed by atoms with Gasteiger partial charge in [-0.05, 0) is 66.2 Å². The number of carbonyl (C=O) groups excluding carboxylic acids is 1. The summed E-state index contributed by atoms with van der Waals surface area (Å²) in [6.45, 7) is 4.71. The van der Waals surface area contributed by atoms with Crippen LogP contribution in [0.3, 0.4) is 0 Å². The molecule has 1 saturated carbocycles. The van der Waals surface area contributed by atoms with Crippen molar-refractivity contribution in [3.05, 3.63) is 34.9 Å². The van der Waals surface area contributed by atoms with Crippen molar-refractivity contribution in [1.29, 1.82) is 0 Å². The highest BCUT2D eigenvalue weighted by Crippen LogP contribution is 2.54. The second-order valence-corrected chi connectivity index (χ2v) is 7.18. The maximum absolute atomic E-state index is 11.6. The van der Waals surface area contributed by atoms with Gasteiger partial charge in [-0.1, -0.05) is 39.2 Å². The lowest BCUT2D eigenvalue weighted by molar-refractivity contribution is 0.0985. The van der Waals surface area contributed by atoms with Gasteiger partial charge in [0, 0.05) is 5.56 Å². The fourth-order valence-electron chi connectivity index (χ4n) is 5.18. The van der Waals surface area contributed by atoms with Gasteiger partial charge >= 0.3 is 0 Å². The number of carbonyl (C=O) groups is 1. The molecule has 1 aromatic carbocycles. The first kappa shape index (κ1) is 14.6. The van der Waals surface area contributed by atoms with Crippen LogP contribution in [0.2, 0.25) is 0 Å². The van der Waals surface area contributed by atoms with Gasteiger partial charge in [0.15, 0.2) is 0 Å². The molecule has 2 heteroatoms. The minimum absolute atomic E-state index is 0.296. The maximum Gasteiger partial charge on any atom is 0.248 e. The summed E-state index contributed by atoms with van der Waals surface area (Å²) < 4.78 is 0. The normalized spacial score (nSPS) is 31.3. The van der Waals surface area contributed by atoms with Crippen molar-refractivity contribution >= 4 is 5.91 Å². The quantitative estimate of drug-likeness (QED) is 0.888. The number of benzene rings is 1. The summed E-state index contributed by atoms with van der Waals surface area (Å²) in [5.41, 5.74) is 9.41. The van der Waals surface area contributed by atoms with E-state index in [9.17, 15) is 4.79 Å². The van der Waals surface area contributed by atoms with Gasteiger partial charge in [0.2, 0.25) is 5.91 Å². The van der Waals surface area contributed by atoms with Crippen LogP contribution in [-0.2, 0) is 11.8 Å². The monoisotopic (exact) mass is 285 g/mol. The molecule has 0 spiro atoms. The molecule has 21 heavy (non-hydrogen) atoms. The van der Waals surface area contributed by atoms with Crippen LogP contribution < -0.4 is 5.73 Å². The van der Waals surface area contributed by atoms with E-state index >= 15 is 0 Å². The van der Waals surface area contributed by atoms with Crippen LogP contribution in [0.4, 0.5) is 0 Å². The molecule has 0 bridgehead atoms. The summed E-state index contributed by atoms with van der Waals surface area (Å²) in [6, 6.07) is 6.20. The molecule has 2 nitrogen and oxygen atoms in total. The van der Waals surface area contributed by atoms with E-state index in [4.69, 9.17) is 5.73 Å². The first-order valence-electron chi connectivity index (χ1n) is 8.51. The van der Waals surface area contributed by atoms with Gasteiger partial charge in [-0.15, -0.1) is 0 Å². The second kappa shape index (κ2) is 5.47. The van der Waals surface area contributed by atoms with E-state index in [1.54, 1.807) is 0 Å². The average molecular weight is 285 g/mol. The van der Waals surface area contributed by atoms with Crippen LogP contribution in [0.15, 0.2) is 18.2 Å². The number of hydrogen-bond donors (Lipinski definition) is 1. The molecule has 2 N–H and O–H groups in total. The minimum Gasteiger partial charge on any atom is -0.366 e. The fourth-order valence-corrected chi connectivity index (χ4v) is 5.18. The average Bonchev–Trinajstić information content (AvgIpc) is 2.47. The zero-order valence-electron chi connectivity index (χ0n) is 13.3. The van der Waals surface area contributed by atoms with Gasteiger partial charge in [0.05, 0.1) is 0 Å². The smallest absolute Gasteiger partial charge is 0.248 e. The lowest BCUT2D eigenvalue weighted by Crippen LogP contribution is -2.46. The lowest BCUT2D eigenvalue weighted by atomic mass is 9.52. The lowest BCUT2D eigenvalue weighted by Gasteiger charge is -2.52. The van der Waals surface area contributed by atoms with Crippen LogP contribution >= 0.6 is 0 Å². The van der Waals surface area contributed by atoms with Gasteiger partial charge in [0.25, 0.3) is 0 Å². The number of hydrogen-bond acceptors (Lipinski definition) is 1.